The Hall–Kier alpha value is -4.58. The van der Waals surface area contributed by atoms with Crippen molar-refractivity contribution in [1.82, 2.24) is 9.80 Å². The van der Waals surface area contributed by atoms with Crippen molar-refractivity contribution in [2.45, 2.75) is 69.5 Å². The molecule has 1 N–H and O–H groups in total. The first-order chi connectivity index (χ1) is 25.5. The van der Waals surface area contributed by atoms with Gasteiger partial charge in [0.15, 0.2) is 0 Å². The van der Waals surface area contributed by atoms with Crippen molar-refractivity contribution in [2.75, 3.05) is 25.1 Å². The minimum Gasteiger partial charge on any atom is -0.455 e. The van der Waals surface area contributed by atoms with Crippen LogP contribution >= 0.6 is 15.9 Å². The van der Waals surface area contributed by atoms with E-state index >= 15 is 9.59 Å². The minimum atomic E-state index is -1.56. The molecule has 0 aliphatic carbocycles. The zero-order valence-corrected chi connectivity index (χ0v) is 31.8. The van der Waals surface area contributed by atoms with E-state index in [2.05, 4.69) is 15.9 Å². The number of fused-ring (bicyclic) bond motifs is 2. The molecule has 4 heterocycles. The monoisotopic (exact) mass is 781 g/mol. The van der Waals surface area contributed by atoms with Gasteiger partial charge in [0.2, 0.25) is 11.8 Å². The van der Waals surface area contributed by atoms with Crippen molar-refractivity contribution < 1.29 is 33.8 Å². The largest absolute Gasteiger partial charge is 0.455 e. The highest BCUT2D eigenvalue weighted by Gasteiger charge is 2.75. The summed E-state index contributed by atoms with van der Waals surface area (Å²) in [4.78, 5) is 63.5. The first-order valence-electron chi connectivity index (χ1n) is 18.1. The summed E-state index contributed by atoms with van der Waals surface area (Å²) in [7, 11) is 1.70. The van der Waals surface area contributed by atoms with Crippen molar-refractivity contribution in [2.24, 2.45) is 11.8 Å². The van der Waals surface area contributed by atoms with Gasteiger partial charge in [0.1, 0.15) is 29.8 Å². The predicted molar refractivity (Wildman–Crippen MR) is 203 cm³/mol. The Morgan fingerprint density at radius 1 is 0.887 bits per heavy atom. The van der Waals surface area contributed by atoms with Crippen LogP contribution in [0.15, 0.2) is 102 Å². The summed E-state index contributed by atoms with van der Waals surface area (Å²) in [6.45, 7) is 5.38. The molecule has 0 radical (unpaired) electrons. The molecule has 0 saturated carbocycles. The molecular weight excluding hydrogens is 738 g/mol. The van der Waals surface area contributed by atoms with E-state index in [0.29, 0.717) is 27.7 Å². The van der Waals surface area contributed by atoms with Crippen molar-refractivity contribution in [1.29, 1.82) is 0 Å². The number of anilines is 1. The van der Waals surface area contributed by atoms with E-state index in [1.54, 1.807) is 22.9 Å². The van der Waals surface area contributed by atoms with Crippen molar-refractivity contribution in [3.05, 3.63) is 124 Å². The van der Waals surface area contributed by atoms with E-state index in [4.69, 9.17) is 9.47 Å². The molecule has 53 heavy (non-hydrogen) atoms. The Morgan fingerprint density at radius 3 is 2.21 bits per heavy atom. The lowest BCUT2D eigenvalue weighted by Crippen LogP contribution is -2.57. The second kappa shape index (κ2) is 14.7. The van der Waals surface area contributed by atoms with Gasteiger partial charge in [-0.2, -0.15) is 0 Å². The summed E-state index contributed by atoms with van der Waals surface area (Å²) in [6, 6.07) is 21.4. The molecule has 2 saturated heterocycles. The van der Waals surface area contributed by atoms with Crippen LogP contribution in [0.25, 0.3) is 0 Å². The Morgan fingerprint density at radius 2 is 1.55 bits per heavy atom. The highest BCUT2D eigenvalue weighted by molar-refractivity contribution is 9.11. The van der Waals surface area contributed by atoms with Crippen LogP contribution < -0.4 is 4.90 Å². The molecule has 7 rings (SSSR count). The topological polar surface area (TPSA) is 117 Å². The summed E-state index contributed by atoms with van der Waals surface area (Å²) in [5.74, 6) is -3.96. The lowest BCUT2D eigenvalue weighted by Gasteiger charge is -2.39. The van der Waals surface area contributed by atoms with Crippen LogP contribution in [0.5, 0.6) is 0 Å². The fraction of sp³-hybridized carbons (Fsp3) is 0.381. The molecule has 10 nitrogen and oxygen atoms in total. The highest BCUT2D eigenvalue weighted by atomic mass is 79.9. The van der Waals surface area contributed by atoms with Crippen LogP contribution in [0.4, 0.5) is 5.69 Å². The van der Waals surface area contributed by atoms with Crippen LogP contribution in [0, 0.1) is 25.7 Å². The number of likely N-dealkylation sites (tertiary alicyclic amines) is 1. The van der Waals surface area contributed by atoms with Crippen molar-refractivity contribution >= 4 is 45.3 Å². The number of halogens is 1. The number of amides is 3. The van der Waals surface area contributed by atoms with E-state index in [9.17, 15) is 14.7 Å². The number of benzene rings is 3. The number of aliphatic hydroxyl groups excluding tert-OH is 1. The van der Waals surface area contributed by atoms with Gasteiger partial charge in [0.05, 0.1) is 24.6 Å². The van der Waals surface area contributed by atoms with Gasteiger partial charge in [-0.15, -0.1) is 0 Å². The Kier molecular flexibility index (Phi) is 10.2. The molecule has 276 valence electrons. The fourth-order valence-electron chi connectivity index (χ4n) is 8.64. The number of allylic oxidation sites excluding steroid dienone is 1. The maximum Gasteiger partial charge on any atom is 0.313 e. The SMILES string of the molecule is Cc1cccc(C)c1N1C/C=C\CCC(=O)N(C)[C@@H](C)[C@H](c2ccccc2)OC(=O)[C@H]2[C@@H]3O[C@@]4(C=C3Br)[C@@H]2C(=O)N([C@H](CO)c2ccccc2)[C@@H]4C1=O. The minimum absolute atomic E-state index is 0.125. The average Bonchev–Trinajstić information content (AvgIpc) is 3.75. The van der Waals surface area contributed by atoms with Gasteiger partial charge in [-0.05, 0) is 55.5 Å². The maximum atomic E-state index is 15.5. The van der Waals surface area contributed by atoms with Gasteiger partial charge >= 0.3 is 5.97 Å². The van der Waals surface area contributed by atoms with E-state index in [1.807, 2.05) is 112 Å². The quantitative estimate of drug-likeness (QED) is 0.260. The van der Waals surface area contributed by atoms with Crippen LogP contribution in [-0.4, -0.2) is 82.6 Å². The normalized spacial score (nSPS) is 30.3. The Bertz CT molecular complexity index is 1950. The Labute approximate surface area is 318 Å². The smallest absolute Gasteiger partial charge is 0.313 e. The molecule has 3 amide bonds. The second-order valence-corrected chi connectivity index (χ2v) is 15.3. The van der Waals surface area contributed by atoms with Gasteiger partial charge < -0.3 is 29.3 Å². The summed E-state index contributed by atoms with van der Waals surface area (Å²) in [5, 5.41) is 11.0. The molecular formula is C42H44BrN3O7. The highest BCUT2D eigenvalue weighted by Crippen LogP contribution is 2.60. The van der Waals surface area contributed by atoms with Crippen molar-refractivity contribution in [3.8, 4) is 0 Å². The maximum absolute atomic E-state index is 15.5. The summed E-state index contributed by atoms with van der Waals surface area (Å²) < 4.78 is 13.7. The number of aliphatic hydroxyl groups is 1. The summed E-state index contributed by atoms with van der Waals surface area (Å²) in [6.07, 6.45) is 4.41. The number of para-hydroxylation sites is 1. The molecule has 4 aliphatic rings. The summed E-state index contributed by atoms with van der Waals surface area (Å²) in [5.41, 5.74) is 2.18. The lowest BCUT2D eigenvalue weighted by atomic mass is 9.74. The molecule has 1 spiro atoms. The summed E-state index contributed by atoms with van der Waals surface area (Å²) >= 11 is 3.65. The van der Waals surface area contributed by atoms with E-state index in [0.717, 1.165) is 11.1 Å². The number of aryl methyl sites for hydroxylation is 2. The number of rotatable bonds is 5. The standard InChI is InChI=1S/C42H44BrN3O7/c1-25-15-14-16-26(2)35(25)45-22-13-7-12-21-32(48)44(4)27(3)36(29-19-10-6-11-20-29)52-41(51)33-34-39(49)46(31(24-47)28-17-8-5-9-18-28)38(40(45)50)42(34)23-30(43)37(33)53-42/h5-11,13-20,23,27,31,33-34,36-38,47H,12,21-22,24H2,1-4H3/b13-7-/t27-,31+,33+,34-,36+,37+,38+,42-/m0/s1. The van der Waals surface area contributed by atoms with E-state index in [-0.39, 0.29) is 18.9 Å². The molecule has 5 bridgehead atoms. The van der Waals surface area contributed by atoms with Crippen LogP contribution in [-0.2, 0) is 28.7 Å². The number of hydrogen-bond acceptors (Lipinski definition) is 7. The molecule has 0 aromatic heterocycles. The zero-order valence-electron chi connectivity index (χ0n) is 30.2. The molecule has 3 aromatic rings. The van der Waals surface area contributed by atoms with Crippen LogP contribution in [0.2, 0.25) is 0 Å². The number of esters is 1. The number of carbonyl (C=O) groups excluding carboxylic acids is 4. The fourth-order valence-corrected chi connectivity index (χ4v) is 9.38. The Balaban J connectivity index is 1.42. The molecule has 4 aliphatic heterocycles. The molecule has 8 atom stereocenters. The van der Waals surface area contributed by atoms with Crippen LogP contribution in [0.3, 0.4) is 0 Å². The number of hydrogen-bond donors (Lipinski definition) is 1. The predicted octanol–water partition coefficient (Wildman–Crippen LogP) is 5.72. The number of cyclic esters (lactones) is 1. The van der Waals surface area contributed by atoms with Gasteiger partial charge in [0, 0.05) is 30.2 Å². The number of likely N-dealkylation sites (N-methyl/N-ethyl adjacent to an activating group) is 1. The first kappa shape index (κ1) is 36.8. The van der Waals surface area contributed by atoms with E-state index in [1.165, 1.54) is 4.90 Å². The first-order valence-corrected chi connectivity index (χ1v) is 18.9. The third-order valence-corrected chi connectivity index (χ3v) is 12.0. The molecule has 2 fully saturated rings. The number of carbonyl (C=O) groups is 4. The average molecular weight is 783 g/mol. The second-order valence-electron chi connectivity index (χ2n) is 14.4. The number of nitrogens with zero attached hydrogens (tertiary/aromatic N) is 3. The molecule has 3 aromatic carbocycles. The van der Waals surface area contributed by atoms with Crippen molar-refractivity contribution in [3.63, 3.8) is 0 Å². The third kappa shape index (κ3) is 6.22. The van der Waals surface area contributed by atoms with Gasteiger partial charge in [-0.3, -0.25) is 19.2 Å². The lowest BCUT2D eigenvalue weighted by molar-refractivity contribution is -0.164. The zero-order chi connectivity index (χ0) is 37.6. The molecule has 11 heteroatoms. The van der Waals surface area contributed by atoms with Crippen LogP contribution in [0.1, 0.15) is 54.2 Å². The van der Waals surface area contributed by atoms with E-state index < -0.39 is 72.2 Å². The van der Waals surface area contributed by atoms with Gasteiger partial charge in [-0.25, -0.2) is 0 Å². The molecule has 0 unspecified atom stereocenters. The third-order valence-electron chi connectivity index (χ3n) is 11.3. The van der Waals surface area contributed by atoms with Gasteiger partial charge in [0.25, 0.3) is 5.91 Å². The van der Waals surface area contributed by atoms with Gasteiger partial charge in [-0.1, -0.05) is 107 Å². The number of ether oxygens (including phenoxy) is 2.